The van der Waals surface area contributed by atoms with Crippen LogP contribution in [-0.2, 0) is 4.74 Å². The number of hydrogen-bond acceptors (Lipinski definition) is 4. The van der Waals surface area contributed by atoms with Crippen LogP contribution >= 0.6 is 0 Å². The molecule has 2 rings (SSSR count). The summed E-state index contributed by atoms with van der Waals surface area (Å²) < 4.78 is 5.11. The average molecular weight is 276 g/mol. The van der Waals surface area contributed by atoms with Gasteiger partial charge in [0.05, 0.1) is 12.2 Å². The smallest absolute Gasteiger partial charge is 0.338 e. The van der Waals surface area contributed by atoms with Gasteiger partial charge in [-0.25, -0.2) is 4.79 Å². The number of likely N-dealkylation sites (tertiary alicyclic amines) is 1. The molecule has 0 aromatic heterocycles. The van der Waals surface area contributed by atoms with Crippen LogP contribution < -0.4 is 5.32 Å². The second-order valence-electron chi connectivity index (χ2n) is 5.58. The van der Waals surface area contributed by atoms with E-state index < -0.39 is 0 Å². The van der Waals surface area contributed by atoms with E-state index in [4.69, 9.17) is 4.74 Å². The summed E-state index contributed by atoms with van der Waals surface area (Å²) in [7, 11) is 2.15. The number of benzene rings is 1. The van der Waals surface area contributed by atoms with Gasteiger partial charge in [0.2, 0.25) is 0 Å². The van der Waals surface area contributed by atoms with E-state index in [-0.39, 0.29) is 5.97 Å². The van der Waals surface area contributed by atoms with Crippen molar-refractivity contribution in [2.45, 2.75) is 38.8 Å². The molecule has 1 saturated heterocycles. The van der Waals surface area contributed by atoms with Crippen LogP contribution in [0.2, 0.25) is 0 Å². The van der Waals surface area contributed by atoms with Crippen molar-refractivity contribution in [2.75, 3.05) is 25.5 Å². The van der Waals surface area contributed by atoms with Crippen LogP contribution in [0.5, 0.6) is 0 Å². The molecule has 20 heavy (non-hydrogen) atoms. The molecule has 0 radical (unpaired) electrons. The lowest BCUT2D eigenvalue weighted by molar-refractivity contribution is 0.0505. The van der Waals surface area contributed by atoms with Gasteiger partial charge >= 0.3 is 5.97 Å². The Morgan fingerprint density at radius 1 is 1.40 bits per heavy atom. The summed E-state index contributed by atoms with van der Waals surface area (Å²) in [5, 5.41) is 3.52. The maximum Gasteiger partial charge on any atom is 0.338 e. The van der Waals surface area contributed by atoms with Crippen LogP contribution in [0.4, 0.5) is 5.69 Å². The third kappa shape index (κ3) is 3.73. The minimum Gasteiger partial charge on any atom is -0.462 e. The topological polar surface area (TPSA) is 41.6 Å². The van der Waals surface area contributed by atoms with Gasteiger partial charge in [0.25, 0.3) is 0 Å². The Labute approximate surface area is 121 Å². The zero-order chi connectivity index (χ0) is 14.5. The largest absolute Gasteiger partial charge is 0.462 e. The molecule has 0 spiro atoms. The molecule has 110 valence electrons. The van der Waals surface area contributed by atoms with E-state index in [1.807, 2.05) is 31.2 Å². The summed E-state index contributed by atoms with van der Waals surface area (Å²) in [4.78, 5) is 14.1. The molecule has 4 nitrogen and oxygen atoms in total. The van der Waals surface area contributed by atoms with Crippen molar-refractivity contribution in [3.05, 3.63) is 29.8 Å². The van der Waals surface area contributed by atoms with Gasteiger partial charge in [0.15, 0.2) is 0 Å². The van der Waals surface area contributed by atoms with Crippen LogP contribution in [0.3, 0.4) is 0 Å². The minimum atomic E-state index is -0.243. The fourth-order valence-electron chi connectivity index (χ4n) is 2.51. The summed E-state index contributed by atoms with van der Waals surface area (Å²) in [6, 6.07) is 8.64. The third-order valence-electron chi connectivity index (χ3n) is 3.82. The first-order valence-corrected chi connectivity index (χ1v) is 7.34. The highest BCUT2D eigenvalue weighted by atomic mass is 16.5. The standard InChI is InChI=1S/C16H24N2O2/c1-4-9-20-16(19)13-5-7-14(8-6-13)17-15-10-12(2)18(3)11-15/h5-8,12,15,17H,4,9-11H2,1-3H3. The summed E-state index contributed by atoms with van der Waals surface area (Å²) in [5.74, 6) is -0.243. The Kier molecular flexibility index (Phi) is 5.01. The molecule has 1 aromatic rings. The van der Waals surface area contributed by atoms with E-state index in [1.165, 1.54) is 0 Å². The van der Waals surface area contributed by atoms with Crippen LogP contribution in [0.25, 0.3) is 0 Å². The normalized spacial score (nSPS) is 22.8. The molecule has 2 atom stereocenters. The fraction of sp³-hybridized carbons (Fsp3) is 0.562. The Bertz CT molecular complexity index is 434. The lowest BCUT2D eigenvalue weighted by atomic mass is 10.1. The maximum atomic E-state index is 11.7. The van der Waals surface area contributed by atoms with Crippen LogP contribution in [0.1, 0.15) is 37.0 Å². The van der Waals surface area contributed by atoms with Gasteiger partial charge in [0.1, 0.15) is 0 Å². The summed E-state index contributed by atoms with van der Waals surface area (Å²) >= 11 is 0. The first kappa shape index (κ1) is 14.9. The predicted molar refractivity (Wildman–Crippen MR) is 81.1 cm³/mol. The molecule has 1 aromatic carbocycles. The summed E-state index contributed by atoms with van der Waals surface area (Å²) in [6.07, 6.45) is 2.00. The fourth-order valence-corrected chi connectivity index (χ4v) is 2.51. The summed E-state index contributed by atoms with van der Waals surface area (Å²) in [6.45, 7) is 5.76. The Hall–Kier alpha value is -1.55. The first-order valence-electron chi connectivity index (χ1n) is 7.34. The molecule has 0 saturated carbocycles. The van der Waals surface area contributed by atoms with Crippen LogP contribution in [-0.4, -0.2) is 43.2 Å². The zero-order valence-electron chi connectivity index (χ0n) is 12.6. The number of carbonyl (C=O) groups excluding carboxylic acids is 1. The second kappa shape index (κ2) is 6.75. The number of carbonyl (C=O) groups is 1. The van der Waals surface area contributed by atoms with Crippen molar-refractivity contribution in [3.63, 3.8) is 0 Å². The van der Waals surface area contributed by atoms with Crippen molar-refractivity contribution >= 4 is 11.7 Å². The highest BCUT2D eigenvalue weighted by Crippen LogP contribution is 2.20. The zero-order valence-corrected chi connectivity index (χ0v) is 12.6. The summed E-state index contributed by atoms with van der Waals surface area (Å²) in [5.41, 5.74) is 1.67. The van der Waals surface area contributed by atoms with Crippen molar-refractivity contribution in [1.82, 2.24) is 4.90 Å². The molecule has 1 aliphatic rings. The molecular formula is C16H24N2O2. The van der Waals surface area contributed by atoms with E-state index in [9.17, 15) is 4.79 Å². The molecule has 1 aliphatic heterocycles. The molecule has 0 amide bonds. The van der Waals surface area contributed by atoms with E-state index in [0.717, 1.165) is 25.1 Å². The number of ether oxygens (including phenoxy) is 1. The van der Waals surface area contributed by atoms with Crippen molar-refractivity contribution in [2.24, 2.45) is 0 Å². The van der Waals surface area contributed by atoms with E-state index >= 15 is 0 Å². The maximum absolute atomic E-state index is 11.7. The lowest BCUT2D eigenvalue weighted by Crippen LogP contribution is -2.24. The highest BCUT2D eigenvalue weighted by molar-refractivity contribution is 5.89. The van der Waals surface area contributed by atoms with Gasteiger partial charge in [-0.2, -0.15) is 0 Å². The lowest BCUT2D eigenvalue weighted by Gasteiger charge is -2.14. The number of nitrogens with zero attached hydrogens (tertiary/aromatic N) is 1. The number of nitrogens with one attached hydrogen (secondary N) is 1. The molecule has 0 bridgehead atoms. The van der Waals surface area contributed by atoms with Gasteiger partial charge < -0.3 is 15.0 Å². The number of likely N-dealkylation sites (N-methyl/N-ethyl adjacent to an activating group) is 1. The van der Waals surface area contributed by atoms with Crippen molar-refractivity contribution < 1.29 is 9.53 Å². The highest BCUT2D eigenvalue weighted by Gasteiger charge is 2.25. The minimum absolute atomic E-state index is 0.243. The Balaban J connectivity index is 1.90. The Morgan fingerprint density at radius 2 is 2.10 bits per heavy atom. The number of esters is 1. The first-order chi connectivity index (χ1) is 9.60. The average Bonchev–Trinajstić information content (AvgIpc) is 2.75. The van der Waals surface area contributed by atoms with Crippen molar-refractivity contribution in [1.29, 1.82) is 0 Å². The molecule has 2 unspecified atom stereocenters. The van der Waals surface area contributed by atoms with E-state index in [1.54, 1.807) is 0 Å². The molecule has 1 N–H and O–H groups in total. The quantitative estimate of drug-likeness (QED) is 0.840. The third-order valence-corrected chi connectivity index (χ3v) is 3.82. The molecule has 0 aliphatic carbocycles. The van der Waals surface area contributed by atoms with Crippen molar-refractivity contribution in [3.8, 4) is 0 Å². The molecule has 4 heteroatoms. The van der Waals surface area contributed by atoms with Gasteiger partial charge in [0, 0.05) is 24.3 Å². The number of hydrogen-bond donors (Lipinski definition) is 1. The second-order valence-corrected chi connectivity index (χ2v) is 5.58. The predicted octanol–water partition coefficient (Wildman–Crippen LogP) is 2.76. The number of rotatable bonds is 5. The molecule has 1 fully saturated rings. The van der Waals surface area contributed by atoms with Gasteiger partial charge in [-0.1, -0.05) is 6.92 Å². The van der Waals surface area contributed by atoms with Gasteiger partial charge in [-0.05, 0) is 51.1 Å². The monoisotopic (exact) mass is 276 g/mol. The van der Waals surface area contributed by atoms with Gasteiger partial charge in [-0.15, -0.1) is 0 Å². The molecule has 1 heterocycles. The van der Waals surface area contributed by atoms with E-state index in [0.29, 0.717) is 24.3 Å². The molecular weight excluding hydrogens is 252 g/mol. The van der Waals surface area contributed by atoms with E-state index in [2.05, 4.69) is 24.2 Å². The van der Waals surface area contributed by atoms with Gasteiger partial charge in [-0.3, -0.25) is 0 Å². The number of anilines is 1. The van der Waals surface area contributed by atoms with Crippen LogP contribution in [0.15, 0.2) is 24.3 Å². The Morgan fingerprint density at radius 3 is 2.65 bits per heavy atom. The van der Waals surface area contributed by atoms with Crippen LogP contribution in [0, 0.1) is 0 Å². The SMILES string of the molecule is CCCOC(=O)c1ccc(NC2CC(C)N(C)C2)cc1.